The fourth-order valence-corrected chi connectivity index (χ4v) is 2.92. The number of piperazine rings is 1. The molecule has 31 heavy (non-hydrogen) atoms. The van der Waals surface area contributed by atoms with E-state index in [2.05, 4.69) is 14.9 Å². The van der Waals surface area contributed by atoms with Crippen molar-refractivity contribution in [1.29, 1.82) is 0 Å². The maximum atomic E-state index is 13.0. The Bertz CT molecular complexity index is 1070. The van der Waals surface area contributed by atoms with Crippen LogP contribution < -0.4 is 25.4 Å². The minimum absolute atomic E-state index is 0.0213. The van der Waals surface area contributed by atoms with Gasteiger partial charge in [-0.25, -0.2) is 9.59 Å². The molecule has 1 saturated heterocycles. The number of nitrogens with one attached hydrogen (secondary N) is 1. The average molecular weight is 453 g/mol. The number of carbonyl (C=O) groups excluding carboxylic acids is 2. The summed E-state index contributed by atoms with van der Waals surface area (Å²) in [6.45, 7) is 0.664. The summed E-state index contributed by atoms with van der Waals surface area (Å²) >= 11 is 0. The van der Waals surface area contributed by atoms with Gasteiger partial charge in [-0.3, -0.25) is 4.79 Å². The molecule has 0 unspecified atom stereocenters. The summed E-state index contributed by atoms with van der Waals surface area (Å²) in [6, 6.07) is 4.65. The van der Waals surface area contributed by atoms with E-state index in [9.17, 15) is 40.7 Å². The standard InChI is InChI=1S/C17H13F6N3O5/c18-16(19,20)14(28)30-12-9-3-1-2-4-10(9)26(31-15(29)17(21,22)23)13(27)11(12)25-7-5-24-6-8-25/h1-4,24H,5-8H2. The van der Waals surface area contributed by atoms with Crippen LogP contribution in [0.2, 0.25) is 0 Å². The number of esters is 1. The van der Waals surface area contributed by atoms with Crippen LogP contribution in [0.15, 0.2) is 29.1 Å². The molecule has 1 N–H and O–H groups in total. The smallest absolute Gasteiger partial charge is 0.417 e. The highest BCUT2D eigenvalue weighted by Crippen LogP contribution is 2.35. The maximum Gasteiger partial charge on any atom is 0.493 e. The van der Waals surface area contributed by atoms with Crippen molar-refractivity contribution in [3.8, 4) is 5.75 Å². The number of benzene rings is 1. The average Bonchev–Trinajstić information content (AvgIpc) is 2.70. The van der Waals surface area contributed by atoms with E-state index in [1.807, 2.05) is 0 Å². The molecule has 3 rings (SSSR count). The predicted octanol–water partition coefficient (Wildman–Crippen LogP) is 1.40. The molecule has 1 fully saturated rings. The number of hydrogen-bond donors (Lipinski definition) is 1. The van der Waals surface area contributed by atoms with Gasteiger partial charge in [0.2, 0.25) is 0 Å². The van der Waals surface area contributed by atoms with Crippen molar-refractivity contribution in [2.45, 2.75) is 12.4 Å². The number of alkyl halides is 6. The monoisotopic (exact) mass is 453 g/mol. The van der Waals surface area contributed by atoms with Crippen LogP contribution in [0.3, 0.4) is 0 Å². The highest BCUT2D eigenvalue weighted by molar-refractivity contribution is 5.94. The summed E-state index contributed by atoms with van der Waals surface area (Å²) in [5, 5.41) is 2.58. The van der Waals surface area contributed by atoms with Crippen LogP contribution in [0.4, 0.5) is 32.0 Å². The molecule has 1 aliphatic heterocycles. The number of anilines is 1. The van der Waals surface area contributed by atoms with E-state index >= 15 is 0 Å². The summed E-state index contributed by atoms with van der Waals surface area (Å²) < 4.78 is 81.1. The molecular weight excluding hydrogens is 440 g/mol. The molecule has 0 saturated carbocycles. The molecule has 0 spiro atoms. The van der Waals surface area contributed by atoms with Crippen molar-refractivity contribution in [3.05, 3.63) is 34.6 Å². The number of pyridine rings is 1. The molecule has 1 aliphatic rings. The van der Waals surface area contributed by atoms with E-state index in [0.29, 0.717) is 0 Å². The SMILES string of the molecule is O=C(Oc1c(N2CCNCC2)c(=O)n(OC(=O)C(F)(F)F)c2ccccc12)C(F)(F)F. The van der Waals surface area contributed by atoms with Crippen LogP contribution in [0.25, 0.3) is 10.9 Å². The Labute approximate surface area is 168 Å². The third kappa shape index (κ3) is 4.57. The maximum absolute atomic E-state index is 13.0. The minimum Gasteiger partial charge on any atom is -0.417 e. The van der Waals surface area contributed by atoms with Crippen LogP contribution >= 0.6 is 0 Å². The minimum atomic E-state index is -5.45. The summed E-state index contributed by atoms with van der Waals surface area (Å²) in [5.74, 6) is -6.14. The Morgan fingerprint density at radius 1 is 0.935 bits per heavy atom. The number of carbonyl (C=O) groups is 2. The number of fused-ring (bicyclic) bond motifs is 1. The van der Waals surface area contributed by atoms with E-state index in [-0.39, 0.29) is 36.3 Å². The second-order valence-electron chi connectivity index (χ2n) is 6.30. The second kappa shape index (κ2) is 8.09. The van der Waals surface area contributed by atoms with Gasteiger partial charge in [-0.1, -0.05) is 12.1 Å². The Morgan fingerprint density at radius 2 is 1.52 bits per heavy atom. The molecule has 0 aliphatic carbocycles. The van der Waals surface area contributed by atoms with Gasteiger partial charge in [0.1, 0.15) is 0 Å². The van der Waals surface area contributed by atoms with Gasteiger partial charge >= 0.3 is 29.9 Å². The molecule has 0 atom stereocenters. The molecule has 1 aromatic heterocycles. The molecule has 0 amide bonds. The summed E-state index contributed by atoms with van der Waals surface area (Å²) in [5.41, 5.74) is -2.55. The highest BCUT2D eigenvalue weighted by Gasteiger charge is 2.44. The largest absolute Gasteiger partial charge is 0.493 e. The zero-order valence-electron chi connectivity index (χ0n) is 15.3. The number of ether oxygens (including phenoxy) is 1. The lowest BCUT2D eigenvalue weighted by Gasteiger charge is -2.30. The number of hydrogen-bond acceptors (Lipinski definition) is 7. The van der Waals surface area contributed by atoms with E-state index < -0.39 is 46.8 Å². The van der Waals surface area contributed by atoms with E-state index in [1.165, 1.54) is 17.0 Å². The Balaban J connectivity index is 2.28. The Kier molecular flexibility index (Phi) is 5.85. The summed E-state index contributed by atoms with van der Waals surface area (Å²) in [4.78, 5) is 41.3. The molecule has 2 aromatic rings. The third-order valence-electron chi connectivity index (χ3n) is 4.23. The van der Waals surface area contributed by atoms with Gasteiger partial charge in [0.05, 0.1) is 5.52 Å². The fraction of sp³-hybridized carbons (Fsp3) is 0.353. The van der Waals surface area contributed by atoms with Gasteiger partial charge in [0, 0.05) is 31.6 Å². The number of nitrogens with zero attached hydrogens (tertiary/aromatic N) is 2. The van der Waals surface area contributed by atoms with Crippen molar-refractivity contribution in [3.63, 3.8) is 0 Å². The lowest BCUT2D eigenvalue weighted by atomic mass is 10.1. The summed E-state index contributed by atoms with van der Waals surface area (Å²) in [7, 11) is 0. The zero-order valence-corrected chi connectivity index (χ0v) is 15.3. The second-order valence-corrected chi connectivity index (χ2v) is 6.30. The van der Waals surface area contributed by atoms with Crippen LogP contribution in [0.1, 0.15) is 0 Å². The van der Waals surface area contributed by atoms with Crippen LogP contribution in [0, 0.1) is 0 Å². The zero-order chi connectivity index (χ0) is 23.0. The number of halogens is 6. The first kappa shape index (κ1) is 22.4. The fourth-order valence-electron chi connectivity index (χ4n) is 2.92. The first-order valence-corrected chi connectivity index (χ1v) is 8.63. The molecular formula is C17H13F6N3O5. The molecule has 2 heterocycles. The number of aromatic nitrogens is 1. The van der Waals surface area contributed by atoms with E-state index in [4.69, 9.17) is 0 Å². The first-order valence-electron chi connectivity index (χ1n) is 8.63. The van der Waals surface area contributed by atoms with E-state index in [1.54, 1.807) is 0 Å². The van der Waals surface area contributed by atoms with Crippen molar-refractivity contribution < 1.29 is 45.5 Å². The van der Waals surface area contributed by atoms with Gasteiger partial charge in [0.15, 0.2) is 11.4 Å². The van der Waals surface area contributed by atoms with Crippen LogP contribution in [-0.2, 0) is 9.59 Å². The Hall–Kier alpha value is -3.29. The quantitative estimate of drug-likeness (QED) is 0.555. The van der Waals surface area contributed by atoms with Gasteiger partial charge in [0.25, 0.3) is 0 Å². The van der Waals surface area contributed by atoms with Gasteiger partial charge in [-0.2, -0.15) is 26.3 Å². The highest BCUT2D eigenvalue weighted by atomic mass is 19.4. The van der Waals surface area contributed by atoms with Crippen LogP contribution in [-0.4, -0.2) is 55.2 Å². The molecule has 1 aromatic carbocycles. The third-order valence-corrected chi connectivity index (χ3v) is 4.23. The molecule has 0 bridgehead atoms. The lowest BCUT2D eigenvalue weighted by Crippen LogP contribution is -2.47. The number of para-hydroxylation sites is 1. The topological polar surface area (TPSA) is 89.9 Å². The molecule has 8 nitrogen and oxygen atoms in total. The van der Waals surface area contributed by atoms with Gasteiger partial charge in [-0.05, 0) is 12.1 Å². The summed E-state index contributed by atoms with van der Waals surface area (Å²) in [6.07, 6.45) is -10.9. The Morgan fingerprint density at radius 3 is 2.10 bits per heavy atom. The lowest BCUT2D eigenvalue weighted by molar-refractivity contribution is -0.199. The molecule has 168 valence electrons. The van der Waals surface area contributed by atoms with Crippen LogP contribution in [0.5, 0.6) is 5.75 Å². The predicted molar refractivity (Wildman–Crippen MR) is 92.6 cm³/mol. The van der Waals surface area contributed by atoms with Crippen molar-refractivity contribution in [2.24, 2.45) is 0 Å². The van der Waals surface area contributed by atoms with Gasteiger partial charge < -0.3 is 19.8 Å². The van der Waals surface area contributed by atoms with Crippen molar-refractivity contribution in [1.82, 2.24) is 10.0 Å². The van der Waals surface area contributed by atoms with Gasteiger partial charge in [-0.15, -0.1) is 4.73 Å². The molecule has 14 heteroatoms. The van der Waals surface area contributed by atoms with E-state index in [0.717, 1.165) is 12.1 Å². The van der Waals surface area contributed by atoms with Crippen molar-refractivity contribution >= 4 is 28.5 Å². The number of rotatable bonds is 3. The first-order chi connectivity index (χ1) is 14.4. The van der Waals surface area contributed by atoms with Crippen molar-refractivity contribution in [2.75, 3.05) is 31.1 Å². The molecule has 0 radical (unpaired) electrons. The normalized spacial score (nSPS) is 15.1.